The van der Waals surface area contributed by atoms with Crippen LogP contribution < -0.4 is 16.0 Å². The molecule has 124 valence electrons. The molecule has 0 bridgehead atoms. The van der Waals surface area contributed by atoms with E-state index in [1.165, 1.54) is 6.07 Å². The highest BCUT2D eigenvalue weighted by molar-refractivity contribution is 6.06. The second kappa shape index (κ2) is 6.62. The molecule has 0 saturated heterocycles. The van der Waals surface area contributed by atoms with Crippen molar-refractivity contribution in [2.75, 3.05) is 10.6 Å². The third-order valence-electron chi connectivity index (χ3n) is 3.71. The van der Waals surface area contributed by atoms with Crippen molar-refractivity contribution in [3.63, 3.8) is 0 Å². The van der Waals surface area contributed by atoms with E-state index < -0.39 is 0 Å². The number of aromatic hydroxyl groups is 1. The lowest BCUT2D eigenvalue weighted by molar-refractivity contribution is 0.102. The molecule has 1 aliphatic rings. The van der Waals surface area contributed by atoms with Crippen molar-refractivity contribution in [3.8, 4) is 5.75 Å². The molecule has 3 amide bonds. The molecule has 2 aromatic rings. The van der Waals surface area contributed by atoms with Gasteiger partial charge in [-0.2, -0.15) is 0 Å². The van der Waals surface area contributed by atoms with Gasteiger partial charge in [0.25, 0.3) is 5.91 Å². The van der Waals surface area contributed by atoms with Crippen LogP contribution in [-0.2, 0) is 0 Å². The molecule has 0 atom stereocenters. The summed E-state index contributed by atoms with van der Waals surface area (Å²) in [6.45, 7) is 1.85. The van der Waals surface area contributed by atoms with Gasteiger partial charge in [0.15, 0.2) is 0 Å². The highest BCUT2D eigenvalue weighted by Gasteiger charge is 2.23. The van der Waals surface area contributed by atoms with E-state index >= 15 is 0 Å². The number of carbonyl (C=O) groups is 2. The number of hydrogen-bond acceptors (Lipinski definition) is 3. The molecule has 0 aromatic heterocycles. The highest BCUT2D eigenvalue weighted by atomic mass is 16.3. The number of nitrogens with one attached hydrogen (secondary N) is 3. The molecule has 1 fully saturated rings. The van der Waals surface area contributed by atoms with E-state index in [-0.39, 0.29) is 23.3 Å². The molecule has 2 aromatic carbocycles. The van der Waals surface area contributed by atoms with Gasteiger partial charge in [-0.15, -0.1) is 0 Å². The normalized spacial score (nSPS) is 13.2. The maximum Gasteiger partial charge on any atom is 0.319 e. The molecule has 0 heterocycles. The number of phenolic OH excluding ortho intramolecular Hbond substituents is 1. The van der Waals surface area contributed by atoms with E-state index in [1.807, 2.05) is 6.92 Å². The summed E-state index contributed by atoms with van der Waals surface area (Å²) in [6.07, 6.45) is 2.06. The van der Waals surface area contributed by atoms with Gasteiger partial charge in [-0.3, -0.25) is 4.79 Å². The SMILES string of the molecule is Cc1ccc(O)c(C(=O)Nc2ccc(NC(=O)NC3CC3)cc2)c1. The minimum atomic E-state index is -0.386. The number of phenols is 1. The first kappa shape index (κ1) is 15.9. The van der Waals surface area contributed by atoms with Gasteiger partial charge in [0.2, 0.25) is 0 Å². The molecule has 0 unspecified atom stereocenters. The lowest BCUT2D eigenvalue weighted by Crippen LogP contribution is -2.30. The lowest BCUT2D eigenvalue weighted by Gasteiger charge is -2.10. The van der Waals surface area contributed by atoms with Crippen molar-refractivity contribution < 1.29 is 14.7 Å². The van der Waals surface area contributed by atoms with Crippen molar-refractivity contribution >= 4 is 23.3 Å². The van der Waals surface area contributed by atoms with Crippen LogP contribution in [0.1, 0.15) is 28.8 Å². The minimum absolute atomic E-state index is 0.0619. The van der Waals surface area contributed by atoms with Crippen molar-refractivity contribution in [2.24, 2.45) is 0 Å². The lowest BCUT2D eigenvalue weighted by atomic mass is 10.1. The number of rotatable bonds is 4. The fourth-order valence-corrected chi connectivity index (χ4v) is 2.25. The molecule has 1 saturated carbocycles. The van der Waals surface area contributed by atoms with E-state index in [2.05, 4.69) is 16.0 Å². The molecule has 3 rings (SSSR count). The monoisotopic (exact) mass is 325 g/mol. The summed E-state index contributed by atoms with van der Waals surface area (Å²) in [6, 6.07) is 11.7. The topological polar surface area (TPSA) is 90.5 Å². The van der Waals surface area contributed by atoms with Crippen LogP contribution >= 0.6 is 0 Å². The van der Waals surface area contributed by atoms with Crippen LogP contribution in [0, 0.1) is 6.92 Å². The van der Waals surface area contributed by atoms with Gasteiger partial charge < -0.3 is 21.1 Å². The third kappa shape index (κ3) is 4.04. The Hall–Kier alpha value is -3.02. The molecular weight excluding hydrogens is 306 g/mol. The van der Waals surface area contributed by atoms with Crippen LogP contribution in [0.25, 0.3) is 0 Å². The summed E-state index contributed by atoms with van der Waals surface area (Å²) in [5.74, 6) is -0.448. The van der Waals surface area contributed by atoms with Crippen LogP contribution in [0.15, 0.2) is 42.5 Å². The van der Waals surface area contributed by atoms with Crippen molar-refractivity contribution in [1.29, 1.82) is 0 Å². The average Bonchev–Trinajstić information content (AvgIpc) is 3.35. The zero-order valence-corrected chi connectivity index (χ0v) is 13.3. The van der Waals surface area contributed by atoms with Crippen LogP contribution in [0.3, 0.4) is 0 Å². The average molecular weight is 325 g/mol. The maximum absolute atomic E-state index is 12.2. The third-order valence-corrected chi connectivity index (χ3v) is 3.71. The Morgan fingerprint density at radius 1 is 1.00 bits per heavy atom. The second-order valence-electron chi connectivity index (χ2n) is 5.92. The molecule has 6 heteroatoms. The first-order valence-corrected chi connectivity index (χ1v) is 7.80. The Balaban J connectivity index is 1.61. The van der Waals surface area contributed by atoms with E-state index in [4.69, 9.17) is 0 Å². The second-order valence-corrected chi connectivity index (χ2v) is 5.92. The van der Waals surface area contributed by atoms with Crippen molar-refractivity contribution in [2.45, 2.75) is 25.8 Å². The van der Waals surface area contributed by atoms with E-state index in [0.717, 1.165) is 18.4 Å². The smallest absolute Gasteiger partial charge is 0.319 e. The first-order chi connectivity index (χ1) is 11.5. The van der Waals surface area contributed by atoms with Gasteiger partial charge in [0.05, 0.1) is 5.56 Å². The number of amides is 3. The summed E-state index contributed by atoms with van der Waals surface area (Å²) >= 11 is 0. The number of benzene rings is 2. The summed E-state index contributed by atoms with van der Waals surface area (Å²) in [5, 5.41) is 18.1. The molecule has 1 aliphatic carbocycles. The Bertz CT molecular complexity index is 768. The Kier molecular flexibility index (Phi) is 4.37. The van der Waals surface area contributed by atoms with Crippen LogP contribution in [-0.4, -0.2) is 23.1 Å². The predicted octanol–water partition coefficient (Wildman–Crippen LogP) is 3.24. The fraction of sp³-hybridized carbons (Fsp3) is 0.222. The Morgan fingerprint density at radius 2 is 1.62 bits per heavy atom. The predicted molar refractivity (Wildman–Crippen MR) is 92.4 cm³/mol. The number of carbonyl (C=O) groups excluding carboxylic acids is 2. The molecule has 0 radical (unpaired) electrons. The fourth-order valence-electron chi connectivity index (χ4n) is 2.25. The maximum atomic E-state index is 12.2. The summed E-state index contributed by atoms with van der Waals surface area (Å²) in [7, 11) is 0. The van der Waals surface area contributed by atoms with Gasteiger partial charge in [-0.05, 0) is 56.2 Å². The molecule has 0 aliphatic heterocycles. The molecule has 0 spiro atoms. The molecule has 4 N–H and O–H groups in total. The zero-order chi connectivity index (χ0) is 17.1. The largest absolute Gasteiger partial charge is 0.507 e. The van der Waals surface area contributed by atoms with Crippen molar-refractivity contribution in [1.82, 2.24) is 5.32 Å². The van der Waals surface area contributed by atoms with Crippen LogP contribution in [0.4, 0.5) is 16.2 Å². The summed E-state index contributed by atoms with van der Waals surface area (Å²) < 4.78 is 0. The van der Waals surface area contributed by atoms with Crippen LogP contribution in [0.2, 0.25) is 0 Å². The molecule has 24 heavy (non-hydrogen) atoms. The summed E-state index contributed by atoms with van der Waals surface area (Å²) in [4.78, 5) is 23.9. The van der Waals surface area contributed by atoms with E-state index in [9.17, 15) is 14.7 Å². The van der Waals surface area contributed by atoms with Crippen molar-refractivity contribution in [3.05, 3.63) is 53.6 Å². The summed E-state index contributed by atoms with van der Waals surface area (Å²) in [5.41, 5.74) is 2.33. The quantitative estimate of drug-likeness (QED) is 0.695. The first-order valence-electron chi connectivity index (χ1n) is 7.80. The van der Waals surface area contributed by atoms with Gasteiger partial charge in [0, 0.05) is 17.4 Å². The minimum Gasteiger partial charge on any atom is -0.507 e. The van der Waals surface area contributed by atoms with E-state index in [1.54, 1.807) is 36.4 Å². The Labute approximate surface area is 139 Å². The highest BCUT2D eigenvalue weighted by Crippen LogP contribution is 2.21. The standard InChI is InChI=1S/C18H19N3O3/c1-11-2-9-16(22)15(10-11)17(23)19-12-3-5-13(6-4-12)20-18(24)21-14-7-8-14/h2-6,9-10,14,22H,7-8H2,1H3,(H,19,23)(H2,20,21,24). The Morgan fingerprint density at radius 3 is 2.25 bits per heavy atom. The number of urea groups is 1. The van der Waals surface area contributed by atoms with Gasteiger partial charge >= 0.3 is 6.03 Å². The van der Waals surface area contributed by atoms with Gasteiger partial charge in [-0.1, -0.05) is 11.6 Å². The van der Waals surface area contributed by atoms with Gasteiger partial charge in [0.1, 0.15) is 5.75 Å². The number of anilines is 2. The number of hydrogen-bond donors (Lipinski definition) is 4. The molecular formula is C18H19N3O3. The molecule has 6 nitrogen and oxygen atoms in total. The number of aryl methyl sites for hydroxylation is 1. The zero-order valence-electron chi connectivity index (χ0n) is 13.3. The van der Waals surface area contributed by atoms with Crippen LogP contribution in [0.5, 0.6) is 5.75 Å². The van der Waals surface area contributed by atoms with E-state index in [0.29, 0.717) is 17.4 Å². The van der Waals surface area contributed by atoms with Gasteiger partial charge in [-0.25, -0.2) is 4.79 Å².